The molecule has 80 valence electrons. The molecule has 0 bridgehead atoms. The van der Waals surface area contributed by atoms with Crippen LogP contribution in [0.15, 0.2) is 23.6 Å². The van der Waals surface area contributed by atoms with Gasteiger partial charge in [0.1, 0.15) is 0 Å². The van der Waals surface area contributed by atoms with E-state index in [-0.39, 0.29) is 0 Å². The third-order valence-corrected chi connectivity index (χ3v) is 3.39. The average Bonchev–Trinajstić information content (AvgIpc) is 2.87. The Labute approximate surface area is 94.6 Å². The van der Waals surface area contributed by atoms with Gasteiger partial charge >= 0.3 is 0 Å². The van der Waals surface area contributed by atoms with Crippen molar-refractivity contribution in [3.8, 4) is 0 Å². The van der Waals surface area contributed by atoms with E-state index < -0.39 is 0 Å². The molecule has 3 heteroatoms. The lowest BCUT2D eigenvalue weighted by molar-refractivity contribution is 0.646. The van der Waals surface area contributed by atoms with E-state index in [9.17, 15) is 0 Å². The van der Waals surface area contributed by atoms with Crippen molar-refractivity contribution < 1.29 is 0 Å². The predicted octanol–water partition coefficient (Wildman–Crippen LogP) is 3.12. The zero-order valence-electron chi connectivity index (χ0n) is 9.23. The maximum Gasteiger partial charge on any atom is 0.0755 e. The molecule has 0 radical (unpaired) electrons. The lowest BCUT2D eigenvalue weighted by atomic mass is 10.2. The number of rotatable bonds is 4. The van der Waals surface area contributed by atoms with Crippen LogP contribution in [0.4, 0.5) is 0 Å². The van der Waals surface area contributed by atoms with Crippen molar-refractivity contribution in [3.05, 3.63) is 39.8 Å². The van der Waals surface area contributed by atoms with Gasteiger partial charge < -0.3 is 0 Å². The quantitative estimate of drug-likeness (QED) is 0.774. The van der Waals surface area contributed by atoms with Gasteiger partial charge in [-0.3, -0.25) is 4.68 Å². The van der Waals surface area contributed by atoms with Gasteiger partial charge in [0, 0.05) is 10.6 Å². The second-order valence-corrected chi connectivity index (χ2v) is 4.60. The summed E-state index contributed by atoms with van der Waals surface area (Å²) in [4.78, 5) is 1.37. The van der Waals surface area contributed by atoms with Gasteiger partial charge in [-0.2, -0.15) is 5.10 Å². The molecule has 0 aromatic carbocycles. The Hall–Kier alpha value is -1.09. The maximum absolute atomic E-state index is 4.60. The SMILES string of the molecule is CCc1cc(CC)n(Cc2cccs2)n1. The number of hydrogen-bond acceptors (Lipinski definition) is 2. The normalized spacial score (nSPS) is 10.8. The molecule has 0 unspecified atom stereocenters. The van der Waals surface area contributed by atoms with Crippen LogP contribution in [0.1, 0.15) is 30.1 Å². The van der Waals surface area contributed by atoms with E-state index in [2.05, 4.69) is 47.2 Å². The van der Waals surface area contributed by atoms with Crippen molar-refractivity contribution in [2.45, 2.75) is 33.2 Å². The number of hydrogen-bond donors (Lipinski definition) is 0. The van der Waals surface area contributed by atoms with Crippen molar-refractivity contribution in [3.63, 3.8) is 0 Å². The van der Waals surface area contributed by atoms with Crippen molar-refractivity contribution in [2.24, 2.45) is 0 Å². The van der Waals surface area contributed by atoms with Crippen LogP contribution in [0.2, 0.25) is 0 Å². The Morgan fingerprint density at radius 2 is 2.20 bits per heavy atom. The molecule has 2 aromatic rings. The Bertz CT molecular complexity index is 415. The van der Waals surface area contributed by atoms with E-state index in [0.29, 0.717) is 0 Å². The van der Waals surface area contributed by atoms with Crippen LogP contribution in [0.3, 0.4) is 0 Å². The summed E-state index contributed by atoms with van der Waals surface area (Å²) >= 11 is 1.79. The van der Waals surface area contributed by atoms with Gasteiger partial charge in [-0.05, 0) is 30.4 Å². The number of thiophene rings is 1. The zero-order chi connectivity index (χ0) is 10.7. The third kappa shape index (κ3) is 2.29. The predicted molar refractivity (Wildman–Crippen MR) is 64.4 cm³/mol. The number of nitrogens with zero attached hydrogens (tertiary/aromatic N) is 2. The van der Waals surface area contributed by atoms with Crippen LogP contribution in [0, 0.1) is 0 Å². The van der Waals surface area contributed by atoms with E-state index in [4.69, 9.17) is 0 Å². The topological polar surface area (TPSA) is 17.8 Å². The standard InChI is InChI=1S/C12H16N2S/c1-3-10-8-11(4-2)14(13-10)9-12-6-5-7-15-12/h5-8H,3-4,9H2,1-2H3. The molecule has 0 aliphatic heterocycles. The summed E-state index contributed by atoms with van der Waals surface area (Å²) in [6.07, 6.45) is 2.07. The van der Waals surface area contributed by atoms with Crippen LogP contribution in [0.5, 0.6) is 0 Å². The first-order valence-electron chi connectivity index (χ1n) is 5.41. The van der Waals surface area contributed by atoms with Crippen molar-refractivity contribution in [1.82, 2.24) is 9.78 Å². The van der Waals surface area contributed by atoms with E-state index in [1.165, 1.54) is 16.3 Å². The Morgan fingerprint density at radius 3 is 2.80 bits per heavy atom. The van der Waals surface area contributed by atoms with Gasteiger partial charge in [0.2, 0.25) is 0 Å². The maximum atomic E-state index is 4.60. The molecule has 2 nitrogen and oxygen atoms in total. The molecule has 2 aromatic heterocycles. The van der Waals surface area contributed by atoms with Crippen LogP contribution in [-0.4, -0.2) is 9.78 Å². The molecule has 0 aliphatic rings. The fraction of sp³-hybridized carbons (Fsp3) is 0.417. The van der Waals surface area contributed by atoms with Gasteiger partial charge in [-0.1, -0.05) is 19.9 Å². The lowest BCUT2D eigenvalue weighted by Gasteiger charge is -2.03. The molecule has 0 fully saturated rings. The Kier molecular flexibility index (Phi) is 3.21. The fourth-order valence-corrected chi connectivity index (χ4v) is 2.35. The summed E-state index contributed by atoms with van der Waals surface area (Å²) < 4.78 is 2.13. The smallest absolute Gasteiger partial charge is 0.0755 e. The van der Waals surface area contributed by atoms with Gasteiger partial charge in [0.15, 0.2) is 0 Å². The first-order valence-corrected chi connectivity index (χ1v) is 6.29. The third-order valence-electron chi connectivity index (χ3n) is 2.52. The number of aryl methyl sites for hydroxylation is 2. The molecule has 0 spiro atoms. The van der Waals surface area contributed by atoms with Gasteiger partial charge in [0.25, 0.3) is 0 Å². The minimum absolute atomic E-state index is 0.918. The Balaban J connectivity index is 2.23. The van der Waals surface area contributed by atoms with E-state index in [0.717, 1.165) is 19.4 Å². The molecule has 0 amide bonds. The molecule has 2 rings (SSSR count). The highest BCUT2D eigenvalue weighted by Gasteiger charge is 2.05. The van der Waals surface area contributed by atoms with Crippen molar-refractivity contribution >= 4 is 11.3 Å². The van der Waals surface area contributed by atoms with E-state index in [1.807, 2.05) is 0 Å². The first kappa shape index (κ1) is 10.4. The second kappa shape index (κ2) is 4.62. The zero-order valence-corrected chi connectivity index (χ0v) is 10.0. The van der Waals surface area contributed by atoms with Crippen LogP contribution in [0.25, 0.3) is 0 Å². The molecular weight excluding hydrogens is 204 g/mol. The highest BCUT2D eigenvalue weighted by molar-refractivity contribution is 7.09. The summed E-state index contributed by atoms with van der Waals surface area (Å²) in [5.41, 5.74) is 2.53. The van der Waals surface area contributed by atoms with Crippen molar-refractivity contribution in [1.29, 1.82) is 0 Å². The van der Waals surface area contributed by atoms with E-state index in [1.54, 1.807) is 11.3 Å². The summed E-state index contributed by atoms with van der Waals surface area (Å²) in [5.74, 6) is 0. The summed E-state index contributed by atoms with van der Waals surface area (Å²) in [6, 6.07) is 6.47. The number of aromatic nitrogens is 2. The van der Waals surface area contributed by atoms with E-state index >= 15 is 0 Å². The average molecular weight is 220 g/mol. The molecule has 0 saturated carbocycles. The molecular formula is C12H16N2S. The molecule has 15 heavy (non-hydrogen) atoms. The lowest BCUT2D eigenvalue weighted by Crippen LogP contribution is -2.04. The molecule has 0 N–H and O–H groups in total. The largest absolute Gasteiger partial charge is 0.264 e. The van der Waals surface area contributed by atoms with Crippen LogP contribution in [-0.2, 0) is 19.4 Å². The van der Waals surface area contributed by atoms with Gasteiger partial charge in [-0.25, -0.2) is 0 Å². The van der Waals surface area contributed by atoms with Gasteiger partial charge in [0.05, 0.1) is 12.2 Å². The molecule has 2 heterocycles. The summed E-state index contributed by atoms with van der Waals surface area (Å²) in [5, 5.41) is 6.71. The highest BCUT2D eigenvalue weighted by Crippen LogP contribution is 2.13. The highest BCUT2D eigenvalue weighted by atomic mass is 32.1. The van der Waals surface area contributed by atoms with Crippen LogP contribution >= 0.6 is 11.3 Å². The van der Waals surface area contributed by atoms with Crippen LogP contribution < -0.4 is 0 Å². The monoisotopic (exact) mass is 220 g/mol. The minimum Gasteiger partial charge on any atom is -0.264 e. The minimum atomic E-state index is 0.918. The molecule has 0 atom stereocenters. The Morgan fingerprint density at radius 1 is 1.33 bits per heavy atom. The fourth-order valence-electron chi connectivity index (χ4n) is 1.66. The molecule has 0 saturated heterocycles. The summed E-state index contributed by atoms with van der Waals surface area (Å²) in [7, 11) is 0. The van der Waals surface area contributed by atoms with Gasteiger partial charge in [-0.15, -0.1) is 11.3 Å². The summed E-state index contributed by atoms with van der Waals surface area (Å²) in [6.45, 7) is 5.25. The molecule has 0 aliphatic carbocycles. The first-order chi connectivity index (χ1) is 7.33. The van der Waals surface area contributed by atoms with Crippen molar-refractivity contribution in [2.75, 3.05) is 0 Å². The second-order valence-electron chi connectivity index (χ2n) is 3.57.